The molecule has 1 rings (SSSR count). The number of alkyl halides is 4. The number of rotatable bonds is 0. The van der Waals surface area contributed by atoms with Gasteiger partial charge in [0.15, 0.2) is 0 Å². The molecule has 0 aromatic carbocycles. The molecule has 13 heavy (non-hydrogen) atoms. The van der Waals surface area contributed by atoms with E-state index in [-0.39, 0.29) is 18.9 Å². The van der Waals surface area contributed by atoms with Crippen molar-refractivity contribution in [3.8, 4) is 0 Å². The number of hydrogen-bond donors (Lipinski definition) is 0. The van der Waals surface area contributed by atoms with E-state index in [1.165, 1.54) is 0 Å². The van der Waals surface area contributed by atoms with E-state index in [9.17, 15) is 26.0 Å². The second kappa shape index (κ2) is 3.42. The van der Waals surface area contributed by atoms with Crippen LogP contribution >= 0.6 is 0 Å². The maximum absolute atomic E-state index is 12.8. The van der Waals surface area contributed by atoms with Crippen molar-refractivity contribution in [2.75, 3.05) is 6.54 Å². The molecule has 0 aliphatic carbocycles. The van der Waals surface area contributed by atoms with E-state index >= 15 is 0 Å². The van der Waals surface area contributed by atoms with Crippen LogP contribution in [0.1, 0.15) is 6.42 Å². The van der Waals surface area contributed by atoms with Crippen molar-refractivity contribution in [1.29, 1.82) is 0 Å². The molecule has 0 aromatic heterocycles. The smallest absolute Gasteiger partial charge is 0.546 e. The van der Waals surface area contributed by atoms with Gasteiger partial charge < -0.3 is 4.72 Å². The van der Waals surface area contributed by atoms with Gasteiger partial charge in [0.2, 0.25) is 0 Å². The zero-order chi connectivity index (χ0) is 9.62. The molecule has 1 fully saturated rings. The first-order valence-electron chi connectivity index (χ1n) is 2.90. The number of hydrogen-bond acceptors (Lipinski definition) is 2. The molecule has 3 nitrogen and oxygen atoms in total. The Hall–Kier alpha value is 0.227. The van der Waals surface area contributed by atoms with Gasteiger partial charge in [0.1, 0.15) is 10.0 Å². The first-order valence-corrected chi connectivity index (χ1v) is 4.34. The van der Waals surface area contributed by atoms with Crippen molar-refractivity contribution in [2.45, 2.75) is 17.6 Å². The van der Waals surface area contributed by atoms with Crippen LogP contribution in [0.4, 0.5) is 17.6 Å². The summed E-state index contributed by atoms with van der Waals surface area (Å²) in [6, 6.07) is 0. The molecule has 1 saturated heterocycles. The van der Waals surface area contributed by atoms with Crippen molar-refractivity contribution < 1.29 is 44.8 Å². The standard InChI is InChI=1S/C4H4F4NO2S.Li/c5-3(4(6,7)8)1-2-9-12(3,10)11;/h1-2H2;/q-1;+1. The van der Waals surface area contributed by atoms with Gasteiger partial charge in [0.05, 0.1) is 0 Å². The average Bonchev–Trinajstić information content (AvgIpc) is 2.07. The molecule has 0 amide bonds. The van der Waals surface area contributed by atoms with Gasteiger partial charge >= 0.3 is 25.0 Å². The molecule has 0 bridgehead atoms. The van der Waals surface area contributed by atoms with Gasteiger partial charge in [0.25, 0.3) is 5.00 Å². The summed E-state index contributed by atoms with van der Waals surface area (Å²) in [6.07, 6.45) is -6.54. The molecule has 0 aromatic rings. The third kappa shape index (κ3) is 1.86. The second-order valence-corrected chi connectivity index (χ2v) is 4.16. The van der Waals surface area contributed by atoms with Crippen LogP contribution in [0.2, 0.25) is 0 Å². The SMILES string of the molecule is O=S1(=O)[N-]CCC1(F)C(F)(F)F.[Li+]. The van der Waals surface area contributed by atoms with Gasteiger partial charge in [0, 0.05) is 0 Å². The molecule has 1 aliphatic heterocycles. The van der Waals surface area contributed by atoms with Crippen LogP contribution in [0, 0.1) is 0 Å². The zero-order valence-corrected chi connectivity index (χ0v) is 7.41. The largest absolute Gasteiger partial charge is 1.00 e. The summed E-state index contributed by atoms with van der Waals surface area (Å²) in [7, 11) is -5.01. The van der Waals surface area contributed by atoms with Crippen molar-refractivity contribution in [3.05, 3.63) is 4.72 Å². The fourth-order valence-electron chi connectivity index (χ4n) is 0.829. The number of halogens is 4. The van der Waals surface area contributed by atoms with E-state index in [0.29, 0.717) is 0 Å². The fourth-order valence-corrected chi connectivity index (χ4v) is 2.01. The first kappa shape index (κ1) is 13.2. The van der Waals surface area contributed by atoms with Crippen LogP contribution in [0.15, 0.2) is 0 Å². The first-order chi connectivity index (χ1) is 5.21. The molecule has 0 N–H and O–H groups in total. The Morgan fingerprint density at radius 3 is 1.92 bits per heavy atom. The zero-order valence-electron chi connectivity index (χ0n) is 6.60. The molecule has 1 aliphatic rings. The normalized spacial score (nSPS) is 32.6. The Morgan fingerprint density at radius 2 is 1.77 bits per heavy atom. The molecule has 0 saturated carbocycles. The maximum atomic E-state index is 12.8. The molecular formula is C4H4F4LiNO2S. The summed E-state index contributed by atoms with van der Waals surface area (Å²) in [5.41, 5.74) is 0. The molecule has 0 radical (unpaired) electrons. The summed E-state index contributed by atoms with van der Waals surface area (Å²) in [5.74, 6) is 0. The minimum Gasteiger partial charge on any atom is -0.546 e. The third-order valence-corrected chi connectivity index (χ3v) is 3.30. The summed E-state index contributed by atoms with van der Waals surface area (Å²) >= 11 is 0. The van der Waals surface area contributed by atoms with Gasteiger partial charge in [-0.3, -0.25) is 0 Å². The van der Waals surface area contributed by atoms with Crippen LogP contribution in [0.3, 0.4) is 0 Å². The summed E-state index contributed by atoms with van der Waals surface area (Å²) in [4.78, 5) is 0. The molecule has 0 spiro atoms. The Morgan fingerprint density at radius 1 is 1.31 bits per heavy atom. The Labute approximate surface area is 84.1 Å². The second-order valence-electron chi connectivity index (χ2n) is 2.30. The van der Waals surface area contributed by atoms with Crippen LogP contribution < -0.4 is 18.9 Å². The van der Waals surface area contributed by atoms with Crippen molar-refractivity contribution >= 4 is 10.0 Å². The summed E-state index contributed by atoms with van der Waals surface area (Å²) in [6.45, 7) is -0.641. The van der Waals surface area contributed by atoms with Gasteiger partial charge in [-0.25, -0.2) is 12.8 Å². The number of nitrogens with zero attached hydrogens (tertiary/aromatic N) is 1. The molecule has 72 valence electrons. The topological polar surface area (TPSA) is 48.2 Å². The predicted molar refractivity (Wildman–Crippen MR) is 31.7 cm³/mol. The average molecular weight is 213 g/mol. The van der Waals surface area contributed by atoms with Crippen molar-refractivity contribution in [3.63, 3.8) is 0 Å². The van der Waals surface area contributed by atoms with Crippen LogP contribution in [0.25, 0.3) is 4.72 Å². The molecule has 9 heteroatoms. The number of sulfonamides is 1. The minimum absolute atomic E-state index is 0. The molecule has 1 unspecified atom stereocenters. The Balaban J connectivity index is 0.00000144. The quantitative estimate of drug-likeness (QED) is 0.356. The Bertz CT molecular complexity index is 289. The van der Waals surface area contributed by atoms with Gasteiger partial charge in [-0.15, -0.1) is 6.54 Å². The van der Waals surface area contributed by atoms with Crippen LogP contribution in [-0.4, -0.2) is 26.1 Å². The van der Waals surface area contributed by atoms with Gasteiger partial charge in [-0.2, -0.15) is 13.2 Å². The van der Waals surface area contributed by atoms with Gasteiger partial charge in [-0.05, 0) is 6.42 Å². The van der Waals surface area contributed by atoms with E-state index in [2.05, 4.69) is 4.72 Å². The minimum atomic E-state index is -5.40. The third-order valence-electron chi connectivity index (χ3n) is 1.53. The fraction of sp³-hybridized carbons (Fsp3) is 1.00. The monoisotopic (exact) mass is 213 g/mol. The van der Waals surface area contributed by atoms with E-state index in [0.717, 1.165) is 0 Å². The van der Waals surface area contributed by atoms with E-state index in [1.54, 1.807) is 0 Å². The van der Waals surface area contributed by atoms with E-state index < -0.39 is 34.2 Å². The van der Waals surface area contributed by atoms with Crippen LogP contribution in [0.5, 0.6) is 0 Å². The summed E-state index contributed by atoms with van der Waals surface area (Å²) in [5, 5.41) is -4.17. The van der Waals surface area contributed by atoms with E-state index in [1.807, 2.05) is 0 Å². The molecule has 1 heterocycles. The molecular weight excluding hydrogens is 209 g/mol. The molecule has 1 atom stereocenters. The predicted octanol–water partition coefficient (Wildman–Crippen LogP) is -1.67. The maximum Gasteiger partial charge on any atom is 1.00 e. The van der Waals surface area contributed by atoms with Crippen molar-refractivity contribution in [1.82, 2.24) is 0 Å². The van der Waals surface area contributed by atoms with Crippen molar-refractivity contribution in [2.24, 2.45) is 0 Å². The summed E-state index contributed by atoms with van der Waals surface area (Å²) < 4.78 is 71.8. The Kier molecular flexibility index (Phi) is 3.48. The van der Waals surface area contributed by atoms with E-state index in [4.69, 9.17) is 0 Å². The van der Waals surface area contributed by atoms with Gasteiger partial charge in [-0.1, -0.05) is 0 Å². The van der Waals surface area contributed by atoms with Crippen LogP contribution in [-0.2, 0) is 10.0 Å².